The molecule has 0 aliphatic heterocycles. The van der Waals surface area contributed by atoms with Gasteiger partial charge in [-0.1, -0.05) is 31.2 Å². The van der Waals surface area contributed by atoms with E-state index in [2.05, 4.69) is 6.92 Å². The predicted octanol–water partition coefficient (Wildman–Crippen LogP) is 3.46. The zero-order chi connectivity index (χ0) is 14.5. The van der Waals surface area contributed by atoms with Gasteiger partial charge in [0.25, 0.3) is 0 Å². The second-order valence-corrected chi connectivity index (χ2v) is 4.57. The van der Waals surface area contributed by atoms with Gasteiger partial charge in [-0.2, -0.15) is 0 Å². The molecule has 0 fully saturated rings. The number of ketones is 1. The van der Waals surface area contributed by atoms with Crippen molar-refractivity contribution in [3.8, 4) is 5.75 Å². The molecule has 104 valence electrons. The smallest absolute Gasteiger partial charge is 0.193 e. The number of rotatable bonds is 5. The largest absolute Gasteiger partial charge is 0.492 e. The van der Waals surface area contributed by atoms with Crippen LogP contribution in [0.2, 0.25) is 0 Å². The lowest BCUT2D eigenvalue weighted by atomic mass is 10.0. The van der Waals surface area contributed by atoms with Gasteiger partial charge in [0.2, 0.25) is 0 Å². The molecule has 2 aromatic rings. The maximum Gasteiger partial charge on any atom is 0.193 e. The minimum Gasteiger partial charge on any atom is -0.492 e. The van der Waals surface area contributed by atoms with Gasteiger partial charge in [-0.3, -0.25) is 4.79 Å². The number of ether oxygens (including phenoxy) is 1. The Morgan fingerprint density at radius 3 is 2.25 bits per heavy atom. The predicted molar refractivity (Wildman–Crippen MR) is 81.3 cm³/mol. The maximum absolute atomic E-state index is 12.4. The van der Waals surface area contributed by atoms with Crippen molar-refractivity contribution < 1.29 is 9.53 Å². The summed E-state index contributed by atoms with van der Waals surface area (Å²) in [4.78, 5) is 12.4. The minimum atomic E-state index is -0.0256. The molecule has 0 aromatic heterocycles. The molecule has 3 nitrogen and oxygen atoms in total. The third-order valence-corrected chi connectivity index (χ3v) is 3.20. The van der Waals surface area contributed by atoms with Crippen LogP contribution < -0.4 is 10.5 Å². The van der Waals surface area contributed by atoms with Crippen LogP contribution in [0.1, 0.15) is 35.3 Å². The van der Waals surface area contributed by atoms with Gasteiger partial charge in [0.05, 0.1) is 12.3 Å². The van der Waals surface area contributed by atoms with Crippen LogP contribution in [0.3, 0.4) is 0 Å². The number of anilines is 1. The standard InChI is InChI=1S/C17H19NO2/c1-3-12-5-7-13(8-6-12)17(19)14-9-10-16(20-4-2)15(18)11-14/h5-11H,3-4,18H2,1-2H3. The molecule has 3 heteroatoms. The van der Waals surface area contributed by atoms with Gasteiger partial charge in [-0.25, -0.2) is 0 Å². The molecule has 0 bridgehead atoms. The van der Waals surface area contributed by atoms with Gasteiger partial charge < -0.3 is 10.5 Å². The number of benzene rings is 2. The van der Waals surface area contributed by atoms with E-state index in [0.717, 1.165) is 6.42 Å². The first-order valence-electron chi connectivity index (χ1n) is 6.81. The Morgan fingerprint density at radius 1 is 1.05 bits per heavy atom. The Bertz CT molecular complexity index is 603. The molecule has 2 aromatic carbocycles. The van der Waals surface area contributed by atoms with Gasteiger partial charge in [0, 0.05) is 11.1 Å². The van der Waals surface area contributed by atoms with Crippen LogP contribution >= 0.6 is 0 Å². The molecule has 20 heavy (non-hydrogen) atoms. The number of hydrogen-bond acceptors (Lipinski definition) is 3. The molecule has 0 aliphatic rings. The fourth-order valence-electron chi connectivity index (χ4n) is 2.04. The molecular formula is C17H19NO2. The van der Waals surface area contributed by atoms with Crippen molar-refractivity contribution in [1.29, 1.82) is 0 Å². The topological polar surface area (TPSA) is 52.3 Å². The summed E-state index contributed by atoms with van der Waals surface area (Å²) in [5, 5.41) is 0. The second-order valence-electron chi connectivity index (χ2n) is 4.57. The van der Waals surface area contributed by atoms with Crippen LogP contribution in [-0.4, -0.2) is 12.4 Å². The summed E-state index contributed by atoms with van der Waals surface area (Å²) < 4.78 is 5.37. The Morgan fingerprint density at radius 2 is 1.70 bits per heavy atom. The average Bonchev–Trinajstić information content (AvgIpc) is 2.49. The van der Waals surface area contributed by atoms with E-state index in [-0.39, 0.29) is 5.78 Å². The molecule has 0 amide bonds. The Balaban J connectivity index is 2.26. The van der Waals surface area contributed by atoms with Gasteiger partial charge in [0.15, 0.2) is 5.78 Å². The highest BCUT2D eigenvalue weighted by atomic mass is 16.5. The Labute approximate surface area is 119 Å². The van der Waals surface area contributed by atoms with Crippen LogP contribution in [0.5, 0.6) is 5.75 Å². The SMILES string of the molecule is CCOc1ccc(C(=O)c2ccc(CC)cc2)cc1N. The normalized spacial score (nSPS) is 10.3. The van der Waals surface area contributed by atoms with E-state index in [0.29, 0.717) is 29.2 Å². The van der Waals surface area contributed by atoms with E-state index in [1.807, 2.05) is 31.2 Å². The number of nitrogens with two attached hydrogens (primary N) is 1. The first kappa shape index (κ1) is 14.1. The van der Waals surface area contributed by atoms with Gasteiger partial charge in [-0.15, -0.1) is 0 Å². The van der Waals surface area contributed by atoms with Crippen molar-refractivity contribution >= 4 is 11.5 Å². The minimum absolute atomic E-state index is 0.0256. The zero-order valence-electron chi connectivity index (χ0n) is 11.8. The van der Waals surface area contributed by atoms with Crippen molar-refractivity contribution in [2.45, 2.75) is 20.3 Å². The third kappa shape index (κ3) is 2.99. The summed E-state index contributed by atoms with van der Waals surface area (Å²) in [6, 6.07) is 12.8. The second kappa shape index (κ2) is 6.24. The van der Waals surface area contributed by atoms with E-state index in [1.165, 1.54) is 5.56 Å². The Kier molecular flexibility index (Phi) is 4.41. The molecule has 2 N–H and O–H groups in total. The van der Waals surface area contributed by atoms with Crippen molar-refractivity contribution in [1.82, 2.24) is 0 Å². The molecule has 0 radical (unpaired) electrons. The van der Waals surface area contributed by atoms with Gasteiger partial charge >= 0.3 is 0 Å². The van der Waals surface area contributed by atoms with Crippen molar-refractivity contribution in [2.75, 3.05) is 12.3 Å². The molecule has 0 saturated carbocycles. The summed E-state index contributed by atoms with van der Waals surface area (Å²) >= 11 is 0. The summed E-state index contributed by atoms with van der Waals surface area (Å²) in [6.45, 7) is 4.54. The summed E-state index contributed by atoms with van der Waals surface area (Å²) in [5.74, 6) is 0.591. The molecule has 2 rings (SSSR count). The van der Waals surface area contributed by atoms with Crippen LogP contribution in [-0.2, 0) is 6.42 Å². The van der Waals surface area contributed by atoms with Gasteiger partial charge in [0.1, 0.15) is 5.75 Å². The molecule has 0 heterocycles. The highest BCUT2D eigenvalue weighted by molar-refractivity contribution is 6.09. The lowest BCUT2D eigenvalue weighted by molar-refractivity contribution is 0.103. The zero-order valence-corrected chi connectivity index (χ0v) is 11.8. The maximum atomic E-state index is 12.4. The van der Waals surface area contributed by atoms with Crippen LogP contribution in [0, 0.1) is 0 Å². The summed E-state index contributed by atoms with van der Waals surface area (Å²) in [5.41, 5.74) is 8.85. The van der Waals surface area contributed by atoms with E-state index in [1.54, 1.807) is 18.2 Å². The molecule has 0 spiro atoms. The van der Waals surface area contributed by atoms with E-state index in [4.69, 9.17) is 10.5 Å². The molecule has 0 atom stereocenters. The molecule has 0 aliphatic carbocycles. The highest BCUT2D eigenvalue weighted by Gasteiger charge is 2.11. The van der Waals surface area contributed by atoms with Crippen molar-refractivity contribution in [3.63, 3.8) is 0 Å². The fraction of sp³-hybridized carbons (Fsp3) is 0.235. The number of carbonyl (C=O) groups excluding carboxylic acids is 1. The lowest BCUT2D eigenvalue weighted by Gasteiger charge is -2.08. The third-order valence-electron chi connectivity index (χ3n) is 3.20. The first-order valence-corrected chi connectivity index (χ1v) is 6.81. The number of hydrogen-bond donors (Lipinski definition) is 1. The number of aryl methyl sites for hydroxylation is 1. The van der Waals surface area contributed by atoms with Crippen molar-refractivity contribution in [2.24, 2.45) is 0 Å². The molecule has 0 unspecified atom stereocenters. The summed E-state index contributed by atoms with van der Waals surface area (Å²) in [7, 11) is 0. The first-order chi connectivity index (χ1) is 9.65. The highest BCUT2D eigenvalue weighted by Crippen LogP contribution is 2.24. The number of carbonyl (C=O) groups is 1. The Hall–Kier alpha value is -2.29. The van der Waals surface area contributed by atoms with Crippen LogP contribution in [0.15, 0.2) is 42.5 Å². The quantitative estimate of drug-likeness (QED) is 0.668. The lowest BCUT2D eigenvalue weighted by Crippen LogP contribution is -2.04. The summed E-state index contributed by atoms with van der Waals surface area (Å²) in [6.07, 6.45) is 0.963. The van der Waals surface area contributed by atoms with Crippen LogP contribution in [0.25, 0.3) is 0 Å². The molecule has 0 saturated heterocycles. The van der Waals surface area contributed by atoms with E-state index >= 15 is 0 Å². The average molecular weight is 269 g/mol. The molecular weight excluding hydrogens is 250 g/mol. The number of nitrogen functional groups attached to an aromatic ring is 1. The monoisotopic (exact) mass is 269 g/mol. The van der Waals surface area contributed by atoms with E-state index < -0.39 is 0 Å². The van der Waals surface area contributed by atoms with Crippen LogP contribution in [0.4, 0.5) is 5.69 Å². The van der Waals surface area contributed by atoms with Crippen molar-refractivity contribution in [3.05, 3.63) is 59.2 Å². The fourth-order valence-corrected chi connectivity index (χ4v) is 2.04. The van der Waals surface area contributed by atoms with Gasteiger partial charge in [-0.05, 0) is 37.1 Å². The van der Waals surface area contributed by atoms with E-state index in [9.17, 15) is 4.79 Å².